The Morgan fingerprint density at radius 3 is 2.81 bits per heavy atom. The van der Waals surface area contributed by atoms with Crippen molar-refractivity contribution in [1.29, 1.82) is 0 Å². The number of benzene rings is 2. The zero-order valence-electron chi connectivity index (χ0n) is 11.8. The summed E-state index contributed by atoms with van der Waals surface area (Å²) in [5.74, 6) is 0.648. The molecule has 0 aromatic heterocycles. The molecule has 0 bridgehead atoms. The fourth-order valence-electron chi connectivity index (χ4n) is 3.54. The quantitative estimate of drug-likeness (QED) is 0.868. The van der Waals surface area contributed by atoms with E-state index in [0.717, 1.165) is 36.3 Å². The summed E-state index contributed by atoms with van der Waals surface area (Å²) < 4.78 is 19.2. The van der Waals surface area contributed by atoms with E-state index in [1.54, 1.807) is 19.2 Å². The molecule has 0 saturated carbocycles. The molecule has 0 radical (unpaired) electrons. The van der Waals surface area contributed by atoms with Gasteiger partial charge in [0.15, 0.2) is 0 Å². The lowest BCUT2D eigenvalue weighted by Crippen LogP contribution is -2.33. The summed E-state index contributed by atoms with van der Waals surface area (Å²) in [6.07, 6.45) is 1.94. The van der Waals surface area contributed by atoms with Crippen molar-refractivity contribution >= 4 is 12.4 Å². The van der Waals surface area contributed by atoms with Crippen LogP contribution in [0, 0.1) is 5.82 Å². The van der Waals surface area contributed by atoms with Gasteiger partial charge in [-0.15, -0.1) is 12.4 Å². The summed E-state index contributed by atoms with van der Waals surface area (Å²) in [5.41, 5.74) is 5.91. The van der Waals surface area contributed by atoms with E-state index in [4.69, 9.17) is 4.74 Å². The highest BCUT2D eigenvalue weighted by molar-refractivity contribution is 5.85. The van der Waals surface area contributed by atoms with E-state index in [2.05, 4.69) is 11.4 Å². The van der Waals surface area contributed by atoms with E-state index >= 15 is 0 Å². The normalized spacial score (nSPS) is 18.3. The van der Waals surface area contributed by atoms with Gasteiger partial charge in [0, 0.05) is 11.6 Å². The number of nitrogens with one attached hydrogen (secondary N) is 1. The molecule has 1 aliphatic carbocycles. The van der Waals surface area contributed by atoms with Crippen LogP contribution in [0.3, 0.4) is 0 Å². The Balaban J connectivity index is 0.00000132. The molecular formula is C17H17ClFNO. The van der Waals surface area contributed by atoms with Gasteiger partial charge in [-0.1, -0.05) is 12.1 Å². The van der Waals surface area contributed by atoms with Crippen LogP contribution in [0.2, 0.25) is 0 Å². The summed E-state index contributed by atoms with van der Waals surface area (Å²) in [6, 6.07) is 9.56. The molecular weight excluding hydrogens is 289 g/mol. The molecule has 21 heavy (non-hydrogen) atoms. The fraction of sp³-hybridized carbons (Fsp3) is 0.294. The summed E-state index contributed by atoms with van der Waals surface area (Å²) >= 11 is 0. The second kappa shape index (κ2) is 5.32. The third-order valence-corrected chi connectivity index (χ3v) is 4.42. The predicted octanol–water partition coefficient (Wildman–Crippen LogP) is 3.67. The van der Waals surface area contributed by atoms with Crippen molar-refractivity contribution in [2.45, 2.75) is 18.9 Å². The van der Waals surface area contributed by atoms with E-state index < -0.39 is 0 Å². The lowest BCUT2D eigenvalue weighted by molar-refractivity contribution is 0.411. The van der Waals surface area contributed by atoms with Gasteiger partial charge < -0.3 is 10.1 Å². The third-order valence-electron chi connectivity index (χ3n) is 4.42. The second-order valence-corrected chi connectivity index (χ2v) is 5.48. The van der Waals surface area contributed by atoms with E-state index in [0.29, 0.717) is 6.04 Å². The first kappa shape index (κ1) is 14.4. The standard InChI is InChI=1S/C17H16FNO.ClH/c1-20-15-5-3-10-6-7-19-14-8-11-2-4-12(18)9-13(11)17(15)16(10)14;/h2-5,9,14,19H,6-8H2,1H3;1H. The second-order valence-electron chi connectivity index (χ2n) is 5.48. The fourth-order valence-corrected chi connectivity index (χ4v) is 3.54. The van der Waals surface area contributed by atoms with E-state index in [9.17, 15) is 4.39 Å². The molecule has 2 aromatic rings. The monoisotopic (exact) mass is 305 g/mol. The number of halogens is 2. The van der Waals surface area contributed by atoms with Crippen LogP contribution in [0.5, 0.6) is 5.75 Å². The van der Waals surface area contributed by atoms with Gasteiger partial charge in [-0.05, 0) is 59.8 Å². The van der Waals surface area contributed by atoms with Crippen molar-refractivity contribution in [2.24, 2.45) is 0 Å². The Bertz CT molecular complexity index is 701. The first-order valence-electron chi connectivity index (χ1n) is 7.00. The van der Waals surface area contributed by atoms with Crippen molar-refractivity contribution in [2.75, 3.05) is 13.7 Å². The van der Waals surface area contributed by atoms with Crippen molar-refractivity contribution < 1.29 is 9.13 Å². The highest BCUT2D eigenvalue weighted by atomic mass is 35.5. The van der Waals surface area contributed by atoms with Crippen molar-refractivity contribution in [3.63, 3.8) is 0 Å². The SMILES string of the molecule is COc1ccc2c3c1-c1cc(F)ccc1CC3NCC2.Cl. The summed E-state index contributed by atoms with van der Waals surface area (Å²) in [5, 5.41) is 3.57. The molecule has 0 saturated heterocycles. The largest absolute Gasteiger partial charge is 0.496 e. The van der Waals surface area contributed by atoms with E-state index in [-0.39, 0.29) is 18.2 Å². The molecule has 2 aliphatic rings. The Morgan fingerprint density at radius 1 is 1.19 bits per heavy atom. The van der Waals surface area contributed by atoms with Crippen LogP contribution in [0.25, 0.3) is 11.1 Å². The number of rotatable bonds is 1. The van der Waals surface area contributed by atoms with Gasteiger partial charge in [0.1, 0.15) is 11.6 Å². The van der Waals surface area contributed by atoms with Gasteiger partial charge in [0.25, 0.3) is 0 Å². The topological polar surface area (TPSA) is 21.3 Å². The van der Waals surface area contributed by atoms with Crippen LogP contribution in [0.15, 0.2) is 30.3 Å². The molecule has 0 amide bonds. The Morgan fingerprint density at radius 2 is 2.00 bits per heavy atom. The van der Waals surface area contributed by atoms with Gasteiger partial charge in [-0.2, -0.15) is 0 Å². The molecule has 2 nitrogen and oxygen atoms in total. The number of methoxy groups -OCH3 is 1. The molecule has 4 rings (SSSR count). The van der Waals surface area contributed by atoms with Gasteiger partial charge in [-0.25, -0.2) is 4.39 Å². The molecule has 2 aromatic carbocycles. The molecule has 1 aliphatic heterocycles. The number of ether oxygens (including phenoxy) is 1. The molecule has 0 fully saturated rings. The van der Waals surface area contributed by atoms with Gasteiger partial charge in [-0.3, -0.25) is 0 Å². The Hall–Kier alpha value is -1.58. The van der Waals surface area contributed by atoms with Crippen LogP contribution in [-0.2, 0) is 12.8 Å². The third kappa shape index (κ3) is 2.12. The van der Waals surface area contributed by atoms with Crippen molar-refractivity contribution in [1.82, 2.24) is 5.32 Å². The van der Waals surface area contributed by atoms with Crippen molar-refractivity contribution in [3.8, 4) is 16.9 Å². The van der Waals surface area contributed by atoms with Crippen molar-refractivity contribution in [3.05, 3.63) is 52.8 Å². The first-order valence-corrected chi connectivity index (χ1v) is 7.00. The highest BCUT2D eigenvalue weighted by Crippen LogP contribution is 2.46. The summed E-state index contributed by atoms with van der Waals surface area (Å²) in [7, 11) is 1.68. The molecule has 1 atom stereocenters. The average Bonchev–Trinajstić information content (AvgIpc) is 2.48. The van der Waals surface area contributed by atoms with Crippen LogP contribution in [0.1, 0.15) is 22.7 Å². The summed E-state index contributed by atoms with van der Waals surface area (Å²) in [6.45, 7) is 1.000. The van der Waals surface area contributed by atoms with Crippen LogP contribution >= 0.6 is 12.4 Å². The minimum atomic E-state index is -0.189. The zero-order valence-corrected chi connectivity index (χ0v) is 12.6. The van der Waals surface area contributed by atoms with Gasteiger partial charge in [0.05, 0.1) is 7.11 Å². The van der Waals surface area contributed by atoms with Gasteiger partial charge >= 0.3 is 0 Å². The highest BCUT2D eigenvalue weighted by Gasteiger charge is 2.31. The van der Waals surface area contributed by atoms with Crippen LogP contribution < -0.4 is 10.1 Å². The van der Waals surface area contributed by atoms with E-state index in [1.165, 1.54) is 16.7 Å². The maximum Gasteiger partial charge on any atom is 0.127 e. The molecule has 1 N–H and O–H groups in total. The molecule has 110 valence electrons. The predicted molar refractivity (Wildman–Crippen MR) is 83.8 cm³/mol. The number of fused-ring (bicyclic) bond motifs is 2. The minimum Gasteiger partial charge on any atom is -0.496 e. The first-order chi connectivity index (χ1) is 9.78. The van der Waals surface area contributed by atoms with E-state index in [1.807, 2.05) is 12.1 Å². The maximum atomic E-state index is 13.7. The molecule has 0 spiro atoms. The number of hydrogen-bond donors (Lipinski definition) is 1. The molecule has 1 heterocycles. The Kier molecular flexibility index (Phi) is 3.64. The number of hydrogen-bond acceptors (Lipinski definition) is 2. The average molecular weight is 306 g/mol. The summed E-state index contributed by atoms with van der Waals surface area (Å²) in [4.78, 5) is 0. The zero-order chi connectivity index (χ0) is 13.7. The maximum absolute atomic E-state index is 13.7. The van der Waals surface area contributed by atoms with Crippen LogP contribution in [-0.4, -0.2) is 13.7 Å². The van der Waals surface area contributed by atoms with Gasteiger partial charge in [0.2, 0.25) is 0 Å². The van der Waals surface area contributed by atoms with Crippen LogP contribution in [0.4, 0.5) is 4.39 Å². The lowest BCUT2D eigenvalue weighted by Gasteiger charge is -2.35. The minimum absolute atomic E-state index is 0. The molecule has 4 heteroatoms. The molecule has 1 unspecified atom stereocenters. The lowest BCUT2D eigenvalue weighted by atomic mass is 9.77. The Labute approximate surface area is 129 Å². The smallest absolute Gasteiger partial charge is 0.127 e.